The molecule has 3 unspecified atom stereocenters. The second-order valence-corrected chi connectivity index (χ2v) is 10.3. The summed E-state index contributed by atoms with van der Waals surface area (Å²) in [4.78, 5) is 41.4. The Hall–Kier alpha value is -1.68. The molecule has 3 saturated heterocycles. The average molecular weight is 529 g/mol. The number of rotatable bonds is 7. The summed E-state index contributed by atoms with van der Waals surface area (Å²) in [5, 5.41) is 16.1. The molecule has 3 aliphatic rings. The Bertz CT molecular complexity index is 915. The maximum absolute atomic E-state index is 13.6. The smallest absolute Gasteiger partial charge is 0.250 e. The van der Waals surface area contributed by atoms with Crippen molar-refractivity contribution >= 4 is 50.9 Å². The summed E-state index contributed by atoms with van der Waals surface area (Å²) in [6.45, 7) is 3.82. The van der Waals surface area contributed by atoms with E-state index in [1.807, 2.05) is 6.92 Å². The van der Waals surface area contributed by atoms with Gasteiger partial charge < -0.3 is 25.4 Å². The van der Waals surface area contributed by atoms with Gasteiger partial charge in [0.1, 0.15) is 11.6 Å². The van der Waals surface area contributed by atoms with E-state index in [1.165, 1.54) is 4.90 Å². The Morgan fingerprint density at radius 2 is 2.03 bits per heavy atom. The highest BCUT2D eigenvalue weighted by Gasteiger charge is 2.76. The number of likely N-dealkylation sites (tertiary alicyclic amines) is 1. The van der Waals surface area contributed by atoms with Gasteiger partial charge in [0.2, 0.25) is 17.7 Å². The number of carbonyl (C=O) groups is 3. The van der Waals surface area contributed by atoms with Gasteiger partial charge in [-0.2, -0.15) is 0 Å². The number of benzene rings is 1. The number of anilines is 1. The van der Waals surface area contributed by atoms with E-state index in [9.17, 15) is 19.5 Å². The third-order valence-corrected chi connectivity index (χ3v) is 7.78. The maximum atomic E-state index is 13.6. The van der Waals surface area contributed by atoms with E-state index in [-0.39, 0.29) is 23.2 Å². The van der Waals surface area contributed by atoms with Crippen LogP contribution in [0.4, 0.5) is 5.69 Å². The molecule has 1 aromatic carbocycles. The first-order chi connectivity index (χ1) is 15.2. The minimum atomic E-state index is -1.15. The molecule has 10 heteroatoms. The van der Waals surface area contributed by atoms with Crippen LogP contribution < -0.4 is 10.6 Å². The van der Waals surface area contributed by atoms with Crippen LogP contribution in [0.3, 0.4) is 0 Å². The van der Waals surface area contributed by atoms with E-state index in [0.29, 0.717) is 23.7 Å². The fourth-order valence-corrected chi connectivity index (χ4v) is 6.41. The standard InChI is InChI=1S/C22H27BrClN3O5/c1-3-8-25-19(29)15-16-21(31)27(11(2)10-28)18(22(16)9-14(23)17(15)32-22)20(30)26-13-6-4-12(24)5-7-13/h4-7,11,14-18,28H,3,8-10H2,1-2H3,(H,25,29)(H,26,30)/t11-,14?,15-,16+,17-,18?,22?/m1/s1. The fourth-order valence-electron chi connectivity index (χ4n) is 5.34. The van der Waals surface area contributed by atoms with Crippen molar-refractivity contribution in [2.24, 2.45) is 11.8 Å². The predicted molar refractivity (Wildman–Crippen MR) is 122 cm³/mol. The van der Waals surface area contributed by atoms with Gasteiger partial charge >= 0.3 is 0 Å². The number of aliphatic hydroxyl groups excluding tert-OH is 1. The Balaban J connectivity index is 1.71. The van der Waals surface area contributed by atoms with Crippen molar-refractivity contribution in [3.8, 4) is 0 Å². The summed E-state index contributed by atoms with van der Waals surface area (Å²) >= 11 is 9.56. The molecule has 2 bridgehead atoms. The van der Waals surface area contributed by atoms with Crippen molar-refractivity contribution in [2.45, 2.75) is 55.3 Å². The number of nitrogens with one attached hydrogen (secondary N) is 2. The number of halogens is 2. The minimum Gasteiger partial charge on any atom is -0.394 e. The van der Waals surface area contributed by atoms with Gasteiger partial charge in [-0.3, -0.25) is 14.4 Å². The van der Waals surface area contributed by atoms with E-state index < -0.39 is 41.5 Å². The number of nitrogens with zero attached hydrogens (tertiary/aromatic N) is 1. The molecule has 3 fully saturated rings. The number of alkyl halides is 1. The lowest BCUT2D eigenvalue weighted by Gasteiger charge is -2.35. The van der Waals surface area contributed by atoms with Gasteiger partial charge in [-0.15, -0.1) is 0 Å². The van der Waals surface area contributed by atoms with Crippen molar-refractivity contribution in [3.63, 3.8) is 0 Å². The zero-order valence-corrected chi connectivity index (χ0v) is 20.2. The SMILES string of the molecule is CCCNC(=O)[C@H]1[C@@H]2OC3(CC2Br)C(C(=O)Nc2ccc(Cl)cc2)N([C@H](C)CO)C(=O)[C@H]13. The van der Waals surface area contributed by atoms with E-state index in [4.69, 9.17) is 16.3 Å². The lowest BCUT2D eigenvalue weighted by atomic mass is 9.70. The molecule has 1 aromatic rings. The molecule has 0 radical (unpaired) electrons. The molecule has 32 heavy (non-hydrogen) atoms. The molecule has 174 valence electrons. The molecule has 3 amide bonds. The molecule has 7 atom stereocenters. The van der Waals surface area contributed by atoms with E-state index in [2.05, 4.69) is 26.6 Å². The Kier molecular flexibility index (Phi) is 6.55. The third kappa shape index (κ3) is 3.63. The molecular weight excluding hydrogens is 502 g/mol. The van der Waals surface area contributed by atoms with Gasteiger partial charge in [0.25, 0.3) is 0 Å². The molecule has 1 spiro atoms. The van der Waals surface area contributed by atoms with E-state index in [1.54, 1.807) is 31.2 Å². The minimum absolute atomic E-state index is 0.167. The Labute approximate surface area is 200 Å². The number of aliphatic hydroxyl groups is 1. The summed E-state index contributed by atoms with van der Waals surface area (Å²) < 4.78 is 6.36. The largest absolute Gasteiger partial charge is 0.394 e. The number of fused-ring (bicyclic) bond motifs is 1. The van der Waals surface area contributed by atoms with Crippen molar-refractivity contribution in [3.05, 3.63) is 29.3 Å². The van der Waals surface area contributed by atoms with Gasteiger partial charge in [0, 0.05) is 22.1 Å². The summed E-state index contributed by atoms with van der Waals surface area (Å²) in [7, 11) is 0. The Morgan fingerprint density at radius 1 is 1.34 bits per heavy atom. The Morgan fingerprint density at radius 3 is 2.66 bits per heavy atom. The molecular formula is C22H27BrClN3O5. The summed E-state index contributed by atoms with van der Waals surface area (Å²) in [6, 6.07) is 5.07. The van der Waals surface area contributed by atoms with Crippen LogP contribution in [-0.4, -0.2) is 69.5 Å². The average Bonchev–Trinajstić information content (AvgIpc) is 3.36. The first-order valence-corrected chi connectivity index (χ1v) is 12.1. The van der Waals surface area contributed by atoms with E-state index in [0.717, 1.165) is 6.42 Å². The molecule has 0 aromatic heterocycles. The summed E-state index contributed by atoms with van der Waals surface area (Å²) in [6.07, 6.45) is 0.683. The van der Waals surface area contributed by atoms with Crippen LogP contribution in [0.25, 0.3) is 0 Å². The van der Waals surface area contributed by atoms with Crippen molar-refractivity contribution < 1.29 is 24.2 Å². The lowest BCUT2D eigenvalue weighted by Crippen LogP contribution is -2.56. The molecule has 3 aliphatic heterocycles. The fraction of sp³-hybridized carbons (Fsp3) is 0.591. The van der Waals surface area contributed by atoms with Crippen molar-refractivity contribution in [1.82, 2.24) is 10.2 Å². The first kappa shape index (κ1) is 23.5. The van der Waals surface area contributed by atoms with Crippen LogP contribution in [-0.2, 0) is 19.1 Å². The van der Waals surface area contributed by atoms with Gasteiger partial charge in [-0.05, 0) is 44.0 Å². The second kappa shape index (κ2) is 8.93. The summed E-state index contributed by atoms with van der Waals surface area (Å²) in [5.41, 5.74) is -0.618. The van der Waals surface area contributed by atoms with Gasteiger partial charge in [-0.25, -0.2) is 0 Å². The number of carbonyl (C=O) groups excluding carboxylic acids is 3. The van der Waals surface area contributed by atoms with Crippen LogP contribution >= 0.6 is 27.5 Å². The summed E-state index contributed by atoms with van der Waals surface area (Å²) in [5.74, 6) is -2.47. The maximum Gasteiger partial charge on any atom is 0.250 e. The predicted octanol–water partition coefficient (Wildman–Crippen LogP) is 1.93. The van der Waals surface area contributed by atoms with Crippen molar-refractivity contribution in [2.75, 3.05) is 18.5 Å². The van der Waals surface area contributed by atoms with E-state index >= 15 is 0 Å². The molecule has 4 rings (SSSR count). The van der Waals surface area contributed by atoms with Crippen molar-refractivity contribution in [1.29, 1.82) is 0 Å². The molecule has 3 N–H and O–H groups in total. The van der Waals surface area contributed by atoms with Crippen LogP contribution in [0.5, 0.6) is 0 Å². The topological polar surface area (TPSA) is 108 Å². The number of ether oxygens (including phenoxy) is 1. The molecule has 0 aliphatic carbocycles. The monoisotopic (exact) mass is 527 g/mol. The van der Waals surface area contributed by atoms with Gasteiger partial charge in [0.15, 0.2) is 0 Å². The second-order valence-electron chi connectivity index (χ2n) is 8.73. The normalized spacial score (nSPS) is 33.8. The highest BCUT2D eigenvalue weighted by molar-refractivity contribution is 9.09. The number of hydrogen-bond acceptors (Lipinski definition) is 5. The van der Waals surface area contributed by atoms with Crippen LogP contribution in [0.2, 0.25) is 5.02 Å². The molecule has 0 saturated carbocycles. The third-order valence-electron chi connectivity index (χ3n) is 6.68. The highest BCUT2D eigenvalue weighted by Crippen LogP contribution is 2.60. The van der Waals surface area contributed by atoms with Crippen LogP contribution in [0.1, 0.15) is 26.7 Å². The zero-order chi connectivity index (χ0) is 23.2. The number of amides is 3. The lowest BCUT2D eigenvalue weighted by molar-refractivity contribution is -0.143. The first-order valence-electron chi connectivity index (χ1n) is 10.8. The molecule has 3 heterocycles. The van der Waals surface area contributed by atoms with Crippen LogP contribution in [0.15, 0.2) is 24.3 Å². The quantitative estimate of drug-likeness (QED) is 0.469. The highest BCUT2D eigenvalue weighted by atomic mass is 79.9. The van der Waals surface area contributed by atoms with Gasteiger partial charge in [0.05, 0.1) is 30.6 Å². The van der Waals surface area contributed by atoms with Crippen LogP contribution in [0, 0.1) is 11.8 Å². The zero-order valence-electron chi connectivity index (χ0n) is 17.9. The van der Waals surface area contributed by atoms with Gasteiger partial charge in [-0.1, -0.05) is 34.5 Å². The number of hydrogen-bond donors (Lipinski definition) is 3. The molecule has 8 nitrogen and oxygen atoms in total.